The summed E-state index contributed by atoms with van der Waals surface area (Å²) < 4.78 is 6.69. The lowest BCUT2D eigenvalue weighted by molar-refractivity contribution is 0.143. The summed E-state index contributed by atoms with van der Waals surface area (Å²) in [6.07, 6.45) is 1.35. The molecule has 0 fully saturated rings. The van der Waals surface area contributed by atoms with Crippen molar-refractivity contribution in [2.45, 2.75) is 32.4 Å². The average molecular weight is 471 g/mol. The fraction of sp³-hybridized carbons (Fsp3) is 0.208. The molecule has 148 valence electrons. The van der Waals surface area contributed by atoms with Crippen LogP contribution in [0.4, 0.5) is 10.5 Å². The lowest BCUT2D eigenvalue weighted by Gasteiger charge is -2.37. The maximum atomic E-state index is 13.3. The van der Waals surface area contributed by atoms with Crippen LogP contribution in [0.15, 0.2) is 71.2 Å². The summed E-state index contributed by atoms with van der Waals surface area (Å²) >= 11 is 9.85. The molecule has 0 saturated heterocycles. The Morgan fingerprint density at radius 3 is 2.69 bits per heavy atom. The van der Waals surface area contributed by atoms with Crippen LogP contribution in [0.25, 0.3) is 0 Å². The van der Waals surface area contributed by atoms with E-state index in [1.54, 1.807) is 4.90 Å². The zero-order chi connectivity index (χ0) is 20.4. The Bertz CT molecular complexity index is 1040. The monoisotopic (exact) mass is 469 g/mol. The Labute approximate surface area is 184 Å². The van der Waals surface area contributed by atoms with E-state index in [-0.39, 0.29) is 18.7 Å². The Morgan fingerprint density at radius 2 is 1.93 bits per heavy atom. The number of amides is 1. The fourth-order valence-electron chi connectivity index (χ4n) is 3.79. The van der Waals surface area contributed by atoms with Crippen molar-refractivity contribution in [2.75, 3.05) is 4.90 Å². The van der Waals surface area contributed by atoms with Gasteiger partial charge in [0.15, 0.2) is 0 Å². The van der Waals surface area contributed by atoms with Gasteiger partial charge in [0.25, 0.3) is 0 Å². The van der Waals surface area contributed by atoms with Crippen LogP contribution in [-0.4, -0.2) is 6.09 Å². The minimum atomic E-state index is -0.351. The number of rotatable bonds is 3. The van der Waals surface area contributed by atoms with Crippen LogP contribution < -0.4 is 4.90 Å². The van der Waals surface area contributed by atoms with Gasteiger partial charge in [-0.2, -0.15) is 0 Å². The van der Waals surface area contributed by atoms with Gasteiger partial charge in [0.05, 0.1) is 11.7 Å². The first-order valence-electron chi connectivity index (χ1n) is 9.57. The van der Waals surface area contributed by atoms with Gasteiger partial charge in [-0.15, -0.1) is 0 Å². The van der Waals surface area contributed by atoms with Gasteiger partial charge in [-0.25, -0.2) is 4.79 Å². The lowest BCUT2D eigenvalue weighted by Crippen LogP contribution is -2.39. The second kappa shape index (κ2) is 8.60. The van der Waals surface area contributed by atoms with Crippen LogP contribution in [-0.2, 0) is 17.8 Å². The molecule has 0 bridgehead atoms. The molecule has 0 N–H and O–H groups in total. The molecule has 1 aliphatic heterocycles. The predicted octanol–water partition coefficient (Wildman–Crippen LogP) is 7.24. The number of halogens is 2. The van der Waals surface area contributed by atoms with E-state index >= 15 is 0 Å². The Hall–Kier alpha value is -2.30. The number of nitrogens with zero attached hydrogens (tertiary/aromatic N) is 1. The van der Waals surface area contributed by atoms with Crippen molar-refractivity contribution in [1.82, 2.24) is 0 Å². The summed E-state index contributed by atoms with van der Waals surface area (Å²) in [4.78, 5) is 15.0. The molecule has 3 nitrogen and oxygen atoms in total. The number of benzene rings is 3. The average Bonchev–Trinajstić information content (AvgIpc) is 2.73. The molecule has 0 aliphatic carbocycles. The van der Waals surface area contributed by atoms with Gasteiger partial charge >= 0.3 is 6.09 Å². The molecular formula is C24H21BrClNO2. The summed E-state index contributed by atoms with van der Waals surface area (Å²) in [6, 6.07) is 21.5. The van der Waals surface area contributed by atoms with Crippen molar-refractivity contribution >= 4 is 39.3 Å². The van der Waals surface area contributed by atoms with Gasteiger partial charge in [-0.05, 0) is 60.2 Å². The summed E-state index contributed by atoms with van der Waals surface area (Å²) in [5.41, 5.74) is 5.17. The SMILES string of the molecule is Cc1cc2c(cc1Br)N(C(=O)OCc1ccccc1)C(c1cccc(Cl)c1)CC2. The third kappa shape index (κ3) is 4.34. The van der Waals surface area contributed by atoms with Gasteiger partial charge in [0.1, 0.15) is 6.61 Å². The first-order valence-corrected chi connectivity index (χ1v) is 10.7. The number of hydrogen-bond donors (Lipinski definition) is 0. The van der Waals surface area contributed by atoms with Gasteiger partial charge < -0.3 is 4.74 Å². The molecule has 3 aromatic rings. The van der Waals surface area contributed by atoms with Crippen LogP contribution in [0.1, 0.15) is 34.7 Å². The van der Waals surface area contributed by atoms with E-state index in [4.69, 9.17) is 16.3 Å². The van der Waals surface area contributed by atoms with Crippen LogP contribution >= 0.6 is 27.5 Å². The molecule has 5 heteroatoms. The number of carbonyl (C=O) groups excluding carboxylic acids is 1. The topological polar surface area (TPSA) is 29.5 Å². The van der Waals surface area contributed by atoms with Crippen molar-refractivity contribution in [1.29, 1.82) is 0 Å². The minimum absolute atomic E-state index is 0.126. The highest BCUT2D eigenvalue weighted by Crippen LogP contribution is 2.41. The van der Waals surface area contributed by atoms with E-state index in [2.05, 4.69) is 28.9 Å². The third-order valence-electron chi connectivity index (χ3n) is 5.25. The summed E-state index contributed by atoms with van der Waals surface area (Å²) in [6.45, 7) is 2.30. The van der Waals surface area contributed by atoms with Gasteiger partial charge in [-0.1, -0.05) is 76.1 Å². The molecule has 0 radical (unpaired) electrons. The quantitative estimate of drug-likeness (QED) is 0.404. The fourth-order valence-corrected chi connectivity index (χ4v) is 4.32. The molecule has 1 heterocycles. The zero-order valence-corrected chi connectivity index (χ0v) is 18.4. The zero-order valence-electron chi connectivity index (χ0n) is 16.1. The smallest absolute Gasteiger partial charge is 0.415 e. The first kappa shape index (κ1) is 20.0. The van der Waals surface area contributed by atoms with E-state index in [1.165, 1.54) is 0 Å². The molecule has 1 amide bonds. The highest BCUT2D eigenvalue weighted by molar-refractivity contribution is 9.10. The summed E-state index contributed by atoms with van der Waals surface area (Å²) in [7, 11) is 0. The Balaban J connectivity index is 1.70. The van der Waals surface area contributed by atoms with E-state index < -0.39 is 0 Å². The third-order valence-corrected chi connectivity index (χ3v) is 6.34. The van der Waals surface area contributed by atoms with Crippen LogP contribution in [0.2, 0.25) is 5.02 Å². The second-order valence-corrected chi connectivity index (χ2v) is 8.54. The summed E-state index contributed by atoms with van der Waals surface area (Å²) in [5, 5.41) is 0.663. The second-order valence-electron chi connectivity index (χ2n) is 7.25. The predicted molar refractivity (Wildman–Crippen MR) is 120 cm³/mol. The van der Waals surface area contributed by atoms with Gasteiger partial charge in [-0.3, -0.25) is 4.90 Å². The van der Waals surface area contributed by atoms with E-state index in [9.17, 15) is 4.79 Å². The van der Waals surface area contributed by atoms with E-state index in [0.29, 0.717) is 5.02 Å². The number of anilines is 1. The molecule has 0 aromatic heterocycles. The maximum absolute atomic E-state index is 13.3. The van der Waals surface area contributed by atoms with Gasteiger partial charge in [0, 0.05) is 9.50 Å². The van der Waals surface area contributed by atoms with Crippen LogP contribution in [0.5, 0.6) is 0 Å². The van der Waals surface area contributed by atoms with Crippen molar-refractivity contribution in [3.8, 4) is 0 Å². The number of fused-ring (bicyclic) bond motifs is 1. The van der Waals surface area contributed by atoms with Crippen LogP contribution in [0, 0.1) is 6.92 Å². The molecule has 1 aliphatic rings. The Kier molecular flexibility index (Phi) is 5.93. The van der Waals surface area contributed by atoms with Crippen molar-refractivity contribution in [3.05, 3.63) is 98.5 Å². The minimum Gasteiger partial charge on any atom is -0.444 e. The summed E-state index contributed by atoms with van der Waals surface area (Å²) in [5.74, 6) is 0. The Morgan fingerprint density at radius 1 is 1.14 bits per heavy atom. The van der Waals surface area contributed by atoms with Gasteiger partial charge in [0.2, 0.25) is 0 Å². The largest absolute Gasteiger partial charge is 0.444 e. The standard InChI is InChI=1S/C24H21BrClNO2/c1-16-12-19-10-11-22(18-8-5-9-20(26)13-18)27(23(19)14-21(16)25)24(28)29-15-17-6-3-2-4-7-17/h2-9,12-14,22H,10-11,15H2,1H3. The molecule has 3 aromatic carbocycles. The lowest BCUT2D eigenvalue weighted by atomic mass is 9.91. The first-order chi connectivity index (χ1) is 14.0. The highest BCUT2D eigenvalue weighted by atomic mass is 79.9. The number of carbonyl (C=O) groups is 1. The molecule has 1 unspecified atom stereocenters. The number of aryl methyl sites for hydroxylation is 2. The number of hydrogen-bond acceptors (Lipinski definition) is 2. The molecule has 0 saturated carbocycles. The van der Waals surface area contributed by atoms with Crippen molar-refractivity contribution in [3.63, 3.8) is 0 Å². The van der Waals surface area contributed by atoms with Crippen LogP contribution in [0.3, 0.4) is 0 Å². The highest BCUT2D eigenvalue weighted by Gasteiger charge is 2.34. The van der Waals surface area contributed by atoms with E-state index in [0.717, 1.165) is 45.3 Å². The molecule has 1 atom stereocenters. The number of ether oxygens (including phenoxy) is 1. The van der Waals surface area contributed by atoms with Crippen molar-refractivity contribution in [2.24, 2.45) is 0 Å². The molecular weight excluding hydrogens is 450 g/mol. The molecule has 0 spiro atoms. The normalized spacial score (nSPS) is 15.7. The maximum Gasteiger partial charge on any atom is 0.415 e. The van der Waals surface area contributed by atoms with E-state index in [1.807, 2.05) is 60.7 Å². The molecule has 4 rings (SSSR count). The van der Waals surface area contributed by atoms with Crippen molar-refractivity contribution < 1.29 is 9.53 Å². The molecule has 29 heavy (non-hydrogen) atoms.